The number of rotatable bonds is 5. The molecule has 0 radical (unpaired) electrons. The van der Waals surface area contributed by atoms with E-state index >= 15 is 0 Å². The van der Waals surface area contributed by atoms with Crippen LogP contribution in [0.15, 0.2) is 56.7 Å². The number of Topliss-reactive ketones (excluding diaryl/α,β-unsaturated/α-hetero) is 1. The second-order valence-corrected chi connectivity index (χ2v) is 7.32. The maximum absolute atomic E-state index is 12.3. The average molecular weight is 342 g/mol. The van der Waals surface area contributed by atoms with Gasteiger partial charge in [0.2, 0.25) is 0 Å². The third-order valence-electron chi connectivity index (χ3n) is 3.54. The highest BCUT2D eigenvalue weighted by molar-refractivity contribution is 7.99. The normalized spacial score (nSPS) is 11.6. The highest BCUT2D eigenvalue weighted by Crippen LogP contribution is 2.25. The van der Waals surface area contributed by atoms with Crippen LogP contribution in [0, 0.1) is 0 Å². The SMILES string of the molecule is CC(C)(C)c1ccc(C(=O)CSc2nnc(-c3ccco3)o2)cc1. The van der Waals surface area contributed by atoms with Crippen molar-refractivity contribution in [3.8, 4) is 11.7 Å². The summed E-state index contributed by atoms with van der Waals surface area (Å²) in [4.78, 5) is 12.3. The summed E-state index contributed by atoms with van der Waals surface area (Å²) in [6.45, 7) is 6.43. The number of nitrogens with zero attached hydrogens (tertiary/aromatic N) is 2. The maximum Gasteiger partial charge on any atom is 0.284 e. The van der Waals surface area contributed by atoms with E-state index in [9.17, 15) is 4.79 Å². The fraction of sp³-hybridized carbons (Fsp3) is 0.278. The first-order valence-electron chi connectivity index (χ1n) is 7.57. The van der Waals surface area contributed by atoms with E-state index in [2.05, 4.69) is 31.0 Å². The third-order valence-corrected chi connectivity index (χ3v) is 4.36. The van der Waals surface area contributed by atoms with Crippen LogP contribution in [0.2, 0.25) is 0 Å². The molecular weight excluding hydrogens is 324 g/mol. The molecule has 0 aliphatic carbocycles. The lowest BCUT2D eigenvalue weighted by atomic mass is 9.86. The lowest BCUT2D eigenvalue weighted by Crippen LogP contribution is -2.11. The standard InChI is InChI=1S/C18H18N2O3S/c1-18(2,3)13-8-6-12(7-9-13)14(21)11-24-17-20-19-16(23-17)15-5-4-10-22-15/h4-10H,11H2,1-3H3. The Bertz CT molecular complexity index is 815. The van der Waals surface area contributed by atoms with Crippen molar-refractivity contribution in [3.63, 3.8) is 0 Å². The Hall–Kier alpha value is -2.34. The molecule has 24 heavy (non-hydrogen) atoms. The van der Waals surface area contributed by atoms with Gasteiger partial charge in [0.25, 0.3) is 11.1 Å². The largest absolute Gasteiger partial charge is 0.459 e. The lowest BCUT2D eigenvalue weighted by Gasteiger charge is -2.18. The molecule has 0 spiro atoms. The number of carbonyl (C=O) groups excluding carboxylic acids is 1. The van der Waals surface area contributed by atoms with E-state index in [4.69, 9.17) is 8.83 Å². The molecule has 124 valence electrons. The van der Waals surface area contributed by atoms with E-state index in [1.54, 1.807) is 12.1 Å². The molecule has 2 aromatic heterocycles. The Morgan fingerprint density at radius 3 is 2.50 bits per heavy atom. The van der Waals surface area contributed by atoms with Crippen molar-refractivity contribution in [2.75, 3.05) is 5.75 Å². The summed E-state index contributed by atoms with van der Waals surface area (Å²) in [5.74, 6) is 1.09. The molecule has 3 aromatic rings. The van der Waals surface area contributed by atoms with E-state index in [-0.39, 0.29) is 17.0 Å². The Kier molecular flexibility index (Phi) is 4.57. The molecule has 0 saturated heterocycles. The van der Waals surface area contributed by atoms with E-state index in [0.717, 1.165) is 0 Å². The Morgan fingerprint density at radius 1 is 1.12 bits per heavy atom. The monoisotopic (exact) mass is 342 g/mol. The first kappa shape index (κ1) is 16.5. The van der Waals surface area contributed by atoms with Gasteiger partial charge in [-0.25, -0.2) is 0 Å². The van der Waals surface area contributed by atoms with Gasteiger partial charge < -0.3 is 8.83 Å². The number of hydrogen-bond donors (Lipinski definition) is 0. The zero-order valence-electron chi connectivity index (χ0n) is 13.8. The van der Waals surface area contributed by atoms with Gasteiger partial charge in [-0.3, -0.25) is 4.79 Å². The van der Waals surface area contributed by atoms with Crippen LogP contribution in [0.4, 0.5) is 0 Å². The molecule has 0 fully saturated rings. The van der Waals surface area contributed by atoms with Crippen LogP contribution in [-0.4, -0.2) is 21.7 Å². The van der Waals surface area contributed by atoms with Gasteiger partial charge in [0.15, 0.2) is 11.5 Å². The predicted molar refractivity (Wildman–Crippen MR) is 92.2 cm³/mol. The zero-order chi connectivity index (χ0) is 17.2. The third kappa shape index (κ3) is 3.76. The van der Waals surface area contributed by atoms with Gasteiger partial charge in [-0.05, 0) is 23.1 Å². The number of carbonyl (C=O) groups is 1. The molecular formula is C18H18N2O3S. The Balaban J connectivity index is 1.61. The predicted octanol–water partition coefficient (Wildman–Crippen LogP) is 4.60. The molecule has 0 amide bonds. The molecule has 0 atom stereocenters. The van der Waals surface area contributed by atoms with Crippen LogP contribution in [0.1, 0.15) is 36.7 Å². The molecule has 0 aliphatic heterocycles. The number of hydrogen-bond acceptors (Lipinski definition) is 6. The number of furan rings is 1. The number of thioether (sulfide) groups is 1. The van der Waals surface area contributed by atoms with E-state index in [1.165, 1.54) is 23.6 Å². The van der Waals surface area contributed by atoms with Crippen LogP contribution in [0.5, 0.6) is 0 Å². The van der Waals surface area contributed by atoms with E-state index in [0.29, 0.717) is 22.4 Å². The Morgan fingerprint density at radius 2 is 1.88 bits per heavy atom. The first-order chi connectivity index (χ1) is 11.4. The summed E-state index contributed by atoms with van der Waals surface area (Å²) in [6, 6.07) is 11.2. The summed E-state index contributed by atoms with van der Waals surface area (Å²) in [5.41, 5.74) is 1.95. The minimum Gasteiger partial charge on any atom is -0.459 e. The van der Waals surface area contributed by atoms with Gasteiger partial charge in [0.05, 0.1) is 12.0 Å². The molecule has 0 N–H and O–H groups in total. The molecule has 2 heterocycles. The van der Waals surface area contributed by atoms with Crippen LogP contribution >= 0.6 is 11.8 Å². The van der Waals surface area contributed by atoms with Gasteiger partial charge in [-0.15, -0.1) is 10.2 Å². The van der Waals surface area contributed by atoms with Crippen molar-refractivity contribution < 1.29 is 13.6 Å². The van der Waals surface area contributed by atoms with Gasteiger partial charge in [0.1, 0.15) is 0 Å². The van der Waals surface area contributed by atoms with E-state index < -0.39 is 0 Å². The van der Waals surface area contributed by atoms with Crippen molar-refractivity contribution in [2.45, 2.75) is 31.4 Å². The molecule has 5 nitrogen and oxygen atoms in total. The summed E-state index contributed by atoms with van der Waals surface area (Å²) in [5, 5.41) is 8.17. The maximum atomic E-state index is 12.3. The number of ketones is 1. The van der Waals surface area contributed by atoms with Crippen LogP contribution in [-0.2, 0) is 5.41 Å². The van der Waals surface area contributed by atoms with Gasteiger partial charge in [0, 0.05) is 5.56 Å². The quantitative estimate of drug-likeness (QED) is 0.498. The fourth-order valence-corrected chi connectivity index (χ4v) is 2.79. The van der Waals surface area contributed by atoms with Crippen LogP contribution in [0.25, 0.3) is 11.7 Å². The molecule has 3 rings (SSSR count). The molecule has 0 saturated carbocycles. The van der Waals surface area contributed by atoms with E-state index in [1.807, 2.05) is 24.3 Å². The van der Waals surface area contributed by atoms with Gasteiger partial charge in [-0.1, -0.05) is 56.8 Å². The number of benzene rings is 1. The van der Waals surface area contributed by atoms with Crippen molar-refractivity contribution in [1.82, 2.24) is 10.2 Å². The first-order valence-corrected chi connectivity index (χ1v) is 8.56. The Labute approximate surface area is 144 Å². The fourth-order valence-electron chi connectivity index (χ4n) is 2.13. The summed E-state index contributed by atoms with van der Waals surface area (Å²) in [7, 11) is 0. The smallest absolute Gasteiger partial charge is 0.284 e. The molecule has 0 bridgehead atoms. The van der Waals surface area contributed by atoms with Crippen molar-refractivity contribution in [3.05, 3.63) is 53.8 Å². The minimum absolute atomic E-state index is 0.0261. The minimum atomic E-state index is 0.0261. The topological polar surface area (TPSA) is 69.1 Å². The highest BCUT2D eigenvalue weighted by atomic mass is 32.2. The van der Waals surface area contributed by atoms with Gasteiger partial charge >= 0.3 is 0 Å². The van der Waals surface area contributed by atoms with Crippen LogP contribution < -0.4 is 0 Å². The van der Waals surface area contributed by atoms with Crippen molar-refractivity contribution in [2.24, 2.45) is 0 Å². The summed E-state index contributed by atoms with van der Waals surface area (Å²) < 4.78 is 10.7. The summed E-state index contributed by atoms with van der Waals surface area (Å²) >= 11 is 1.22. The highest BCUT2D eigenvalue weighted by Gasteiger charge is 2.16. The lowest BCUT2D eigenvalue weighted by molar-refractivity contribution is 0.102. The van der Waals surface area contributed by atoms with Gasteiger partial charge in [-0.2, -0.15) is 0 Å². The molecule has 6 heteroatoms. The molecule has 0 unspecified atom stereocenters. The average Bonchev–Trinajstić information content (AvgIpc) is 3.23. The van der Waals surface area contributed by atoms with Crippen LogP contribution in [0.3, 0.4) is 0 Å². The summed E-state index contributed by atoms with van der Waals surface area (Å²) in [6.07, 6.45) is 1.54. The van der Waals surface area contributed by atoms with Crippen molar-refractivity contribution >= 4 is 17.5 Å². The second kappa shape index (κ2) is 6.65. The molecule has 1 aromatic carbocycles. The number of aromatic nitrogens is 2. The zero-order valence-corrected chi connectivity index (χ0v) is 14.6. The van der Waals surface area contributed by atoms with Crippen molar-refractivity contribution in [1.29, 1.82) is 0 Å². The molecule has 0 aliphatic rings. The second-order valence-electron chi connectivity index (χ2n) is 6.39.